The maximum absolute atomic E-state index is 2.78. The molecule has 18 aromatic rings. The third-order valence-electron chi connectivity index (χ3n) is 26.6. The molecule has 109 heavy (non-hydrogen) atoms. The van der Waals surface area contributed by atoms with E-state index in [-0.39, 0.29) is 6.71 Å². The lowest BCUT2D eigenvalue weighted by Gasteiger charge is -2.46. The standard InChI is InChI=1S/C105H62BN3/c1-2-28-63(29-3-1)64-56-57-94-90(58-64)106-91-62-89-77(72-36-10-21-47-84(72)105(89)82-45-19-8-34-70(82)71-35-9-20-46-83(71)105)61-97(91)109(96-55-27-51-88-101(96)76-40-12-23-49-86(76)104(88)80-43-17-6-32-68(80)69-33-7-18-44-81(69)104)99-60-65(107-92-52-24-13-37-73(92)74-38-14-25-53-93(74)107)59-98(102(99)106)108(94)95-54-26-50-87-100(95)75-39-11-22-48-85(75)103(87)78-41-15-4-30-66(78)67-31-5-16-42-79(67)103/h1-62H. The summed E-state index contributed by atoms with van der Waals surface area (Å²) in [6.45, 7) is -0.288. The number of hydrogen-bond donors (Lipinski definition) is 0. The summed E-state index contributed by atoms with van der Waals surface area (Å²) in [6, 6.07) is 146. The molecule has 8 aliphatic rings. The average Bonchev–Trinajstić information content (AvgIpc) is 1.60. The van der Waals surface area contributed by atoms with Crippen molar-refractivity contribution in [3.05, 3.63) is 443 Å². The molecule has 0 saturated heterocycles. The average molecular weight is 1380 g/mol. The monoisotopic (exact) mass is 1380 g/mol. The first-order valence-corrected chi connectivity index (χ1v) is 38.4. The van der Waals surface area contributed by atoms with Gasteiger partial charge in [-0.2, -0.15) is 0 Å². The quantitative estimate of drug-likeness (QED) is 0.163. The highest BCUT2D eigenvalue weighted by Crippen LogP contribution is 2.69. The van der Waals surface area contributed by atoms with Crippen molar-refractivity contribution in [1.82, 2.24) is 4.57 Å². The Labute approximate surface area is 631 Å². The van der Waals surface area contributed by atoms with Gasteiger partial charge in [0.05, 0.1) is 44.3 Å². The molecular formula is C105H62BN3. The molecule has 6 aliphatic carbocycles. The van der Waals surface area contributed by atoms with E-state index < -0.39 is 16.2 Å². The number of para-hydroxylation sites is 2. The highest BCUT2D eigenvalue weighted by molar-refractivity contribution is 7.00. The second-order valence-corrected chi connectivity index (χ2v) is 31.0. The van der Waals surface area contributed by atoms with Crippen LogP contribution in [0.5, 0.6) is 0 Å². The molecule has 3 nitrogen and oxygen atoms in total. The van der Waals surface area contributed by atoms with Gasteiger partial charge in [0.1, 0.15) is 0 Å². The van der Waals surface area contributed by atoms with Crippen LogP contribution >= 0.6 is 0 Å². The highest BCUT2D eigenvalue weighted by Gasteiger charge is 2.58. The van der Waals surface area contributed by atoms with E-state index in [0.29, 0.717) is 0 Å². The van der Waals surface area contributed by atoms with Crippen LogP contribution in [-0.2, 0) is 16.2 Å². The van der Waals surface area contributed by atoms with Crippen molar-refractivity contribution >= 4 is 79.0 Å². The van der Waals surface area contributed by atoms with Gasteiger partial charge in [-0.3, -0.25) is 0 Å². The first kappa shape index (κ1) is 58.5. The van der Waals surface area contributed by atoms with E-state index in [4.69, 9.17) is 0 Å². The van der Waals surface area contributed by atoms with Gasteiger partial charge < -0.3 is 14.4 Å². The van der Waals surface area contributed by atoms with Crippen molar-refractivity contribution in [1.29, 1.82) is 0 Å². The first-order chi connectivity index (χ1) is 54.1. The SMILES string of the molecule is c1ccc(-c2ccc3c(c2)B2c4cc5c(cc4N(c4cccc6c4-c4ccccc4C64c6ccccc6-c6ccccc64)c4cc(-n6c7ccccc7c7ccccc76)cc(c42)N3c2cccc3c2-c2ccccc2C32c3ccccc3-c3ccccc32)-c2ccccc2C52c3ccccc3-c3ccccc32)cc1. The van der Waals surface area contributed by atoms with Crippen LogP contribution in [0.3, 0.4) is 0 Å². The number of nitrogens with zero attached hydrogens (tertiary/aromatic N) is 3. The zero-order chi connectivity index (χ0) is 70.7. The normalized spacial score (nSPS) is 15.0. The van der Waals surface area contributed by atoms with Crippen LogP contribution < -0.4 is 26.2 Å². The van der Waals surface area contributed by atoms with Gasteiger partial charge >= 0.3 is 0 Å². The van der Waals surface area contributed by atoms with Gasteiger partial charge in [0, 0.05) is 44.6 Å². The summed E-state index contributed by atoms with van der Waals surface area (Å²) in [5.74, 6) is 0. The van der Waals surface area contributed by atoms with Crippen molar-refractivity contribution in [3.8, 4) is 83.6 Å². The van der Waals surface area contributed by atoms with Crippen LogP contribution in [-0.4, -0.2) is 11.3 Å². The second-order valence-electron chi connectivity index (χ2n) is 31.0. The van der Waals surface area contributed by atoms with Gasteiger partial charge in [-0.1, -0.05) is 328 Å². The molecule has 4 heteroatoms. The molecule has 0 amide bonds. The number of aromatic nitrogens is 1. The molecule has 2 aliphatic heterocycles. The van der Waals surface area contributed by atoms with Gasteiger partial charge in [0.2, 0.25) is 0 Å². The zero-order valence-corrected chi connectivity index (χ0v) is 59.2. The maximum atomic E-state index is 2.78. The molecule has 0 radical (unpaired) electrons. The smallest absolute Gasteiger partial charge is 0.252 e. The van der Waals surface area contributed by atoms with E-state index in [1.165, 1.54) is 177 Å². The molecule has 0 atom stereocenters. The van der Waals surface area contributed by atoms with Crippen molar-refractivity contribution in [2.75, 3.05) is 9.80 Å². The Morgan fingerprint density at radius 1 is 0.202 bits per heavy atom. The number of fused-ring (bicyclic) bond motifs is 37. The predicted molar refractivity (Wildman–Crippen MR) is 449 cm³/mol. The van der Waals surface area contributed by atoms with E-state index in [1.54, 1.807) is 0 Å². The maximum Gasteiger partial charge on any atom is 0.252 e. The van der Waals surface area contributed by atoms with Crippen molar-refractivity contribution in [2.24, 2.45) is 0 Å². The molecule has 3 heterocycles. The van der Waals surface area contributed by atoms with E-state index in [2.05, 4.69) is 390 Å². The Bertz CT molecular complexity index is 6980. The first-order valence-electron chi connectivity index (χ1n) is 38.4. The summed E-state index contributed by atoms with van der Waals surface area (Å²) < 4.78 is 2.58. The largest absolute Gasteiger partial charge is 0.311 e. The highest BCUT2D eigenvalue weighted by atomic mass is 15.2. The molecule has 0 N–H and O–H groups in total. The van der Waals surface area contributed by atoms with Crippen LogP contribution in [0.1, 0.15) is 66.8 Å². The topological polar surface area (TPSA) is 11.4 Å². The fourth-order valence-corrected chi connectivity index (χ4v) is 22.9. The number of benzene rings is 17. The third-order valence-corrected chi connectivity index (χ3v) is 26.6. The van der Waals surface area contributed by atoms with E-state index in [9.17, 15) is 0 Å². The lowest BCUT2D eigenvalue weighted by Crippen LogP contribution is -2.61. The molecule has 0 unspecified atom stereocenters. The van der Waals surface area contributed by atoms with Crippen LogP contribution in [0.15, 0.2) is 376 Å². The summed E-state index contributed by atoms with van der Waals surface area (Å²) in [5, 5.41) is 2.44. The fraction of sp³-hybridized carbons (Fsp3) is 0.0286. The molecule has 3 spiro atoms. The lowest BCUT2D eigenvalue weighted by molar-refractivity contribution is 0.793. The van der Waals surface area contributed by atoms with E-state index in [0.717, 1.165) is 45.2 Å². The van der Waals surface area contributed by atoms with Crippen molar-refractivity contribution in [3.63, 3.8) is 0 Å². The van der Waals surface area contributed by atoms with Gasteiger partial charge in [0.25, 0.3) is 6.71 Å². The van der Waals surface area contributed by atoms with Crippen LogP contribution in [0.25, 0.3) is 105 Å². The Balaban J connectivity index is 0.846. The Hall–Kier alpha value is -13.8. The van der Waals surface area contributed by atoms with E-state index >= 15 is 0 Å². The minimum absolute atomic E-state index is 0.288. The summed E-state index contributed by atoms with van der Waals surface area (Å²) >= 11 is 0. The summed E-state index contributed by atoms with van der Waals surface area (Å²) in [6.07, 6.45) is 0. The van der Waals surface area contributed by atoms with E-state index in [1.807, 2.05) is 0 Å². The van der Waals surface area contributed by atoms with Gasteiger partial charge in [-0.05, 0) is 198 Å². The van der Waals surface area contributed by atoms with Crippen molar-refractivity contribution < 1.29 is 0 Å². The number of hydrogen-bond acceptors (Lipinski definition) is 2. The number of rotatable bonds is 4. The fourth-order valence-electron chi connectivity index (χ4n) is 22.9. The molecule has 1 aromatic heterocycles. The molecule has 0 saturated carbocycles. The zero-order valence-electron chi connectivity index (χ0n) is 59.2. The van der Waals surface area contributed by atoms with Crippen LogP contribution in [0.4, 0.5) is 34.1 Å². The summed E-state index contributed by atoms with van der Waals surface area (Å²) in [7, 11) is 0. The lowest BCUT2D eigenvalue weighted by atomic mass is 9.33. The summed E-state index contributed by atoms with van der Waals surface area (Å²) in [4.78, 5) is 5.52. The predicted octanol–water partition coefficient (Wildman–Crippen LogP) is 23.6. The molecular weight excluding hydrogens is 1310 g/mol. The Morgan fingerprint density at radius 3 is 0.982 bits per heavy atom. The molecule has 17 aromatic carbocycles. The van der Waals surface area contributed by atoms with Gasteiger partial charge in [0.15, 0.2) is 0 Å². The summed E-state index contributed by atoms with van der Waals surface area (Å²) in [5.41, 5.74) is 45.8. The molecule has 26 rings (SSSR count). The number of anilines is 6. The minimum atomic E-state index is -0.619. The van der Waals surface area contributed by atoms with Crippen LogP contribution in [0, 0.1) is 0 Å². The second kappa shape index (κ2) is 20.8. The van der Waals surface area contributed by atoms with Crippen molar-refractivity contribution in [2.45, 2.75) is 16.2 Å². The Morgan fingerprint density at radius 2 is 0.541 bits per heavy atom. The van der Waals surface area contributed by atoms with Gasteiger partial charge in [-0.25, -0.2) is 0 Å². The minimum Gasteiger partial charge on any atom is -0.311 e. The molecule has 0 fully saturated rings. The molecule has 0 bridgehead atoms. The van der Waals surface area contributed by atoms with Crippen LogP contribution in [0.2, 0.25) is 0 Å². The third kappa shape index (κ3) is 6.92. The Kier molecular flexibility index (Phi) is 11.2. The van der Waals surface area contributed by atoms with Gasteiger partial charge in [-0.15, -0.1) is 0 Å². The molecule has 500 valence electrons.